The van der Waals surface area contributed by atoms with Crippen LogP contribution in [0.25, 0.3) is 0 Å². The van der Waals surface area contributed by atoms with Crippen molar-refractivity contribution in [3.63, 3.8) is 0 Å². The number of hydrogen-bond donors (Lipinski definition) is 2. The highest BCUT2D eigenvalue weighted by atomic mass is 16.5. The molecule has 0 bridgehead atoms. The quantitative estimate of drug-likeness (QED) is 0.570. The van der Waals surface area contributed by atoms with Gasteiger partial charge in [-0.15, -0.1) is 0 Å². The molecule has 138 valence electrons. The summed E-state index contributed by atoms with van der Waals surface area (Å²) in [7, 11) is 0. The molecule has 3 rings (SSSR count). The zero-order valence-corrected chi connectivity index (χ0v) is 15.1. The van der Waals surface area contributed by atoms with Crippen molar-refractivity contribution in [3.8, 4) is 11.6 Å². The first kappa shape index (κ1) is 18.6. The molecule has 0 spiro atoms. The number of amides is 1. The molecule has 3 aromatic rings. The van der Waals surface area contributed by atoms with E-state index in [4.69, 9.17) is 10.5 Å². The third kappa shape index (κ3) is 5.94. The molecule has 0 radical (unpaired) electrons. The number of carbonyl (C=O) groups is 1. The van der Waals surface area contributed by atoms with Crippen LogP contribution in [0.2, 0.25) is 0 Å². The molecule has 1 aromatic heterocycles. The van der Waals surface area contributed by atoms with Crippen LogP contribution in [-0.4, -0.2) is 17.4 Å². The molecule has 5 nitrogen and oxygen atoms in total. The molecule has 0 aliphatic carbocycles. The van der Waals surface area contributed by atoms with Crippen molar-refractivity contribution in [1.29, 1.82) is 0 Å². The van der Waals surface area contributed by atoms with Crippen molar-refractivity contribution in [2.75, 3.05) is 6.54 Å². The molecule has 1 heterocycles. The minimum absolute atomic E-state index is 0.448. The van der Waals surface area contributed by atoms with Crippen molar-refractivity contribution < 1.29 is 9.53 Å². The van der Waals surface area contributed by atoms with Gasteiger partial charge in [0.2, 0.25) is 11.8 Å². The van der Waals surface area contributed by atoms with Gasteiger partial charge in [0, 0.05) is 24.4 Å². The van der Waals surface area contributed by atoms with Crippen molar-refractivity contribution in [2.45, 2.75) is 19.4 Å². The fourth-order valence-electron chi connectivity index (χ4n) is 2.68. The largest absolute Gasteiger partial charge is 0.439 e. The Balaban J connectivity index is 1.41. The van der Waals surface area contributed by atoms with Crippen LogP contribution in [0.5, 0.6) is 11.6 Å². The summed E-state index contributed by atoms with van der Waals surface area (Å²) in [6.45, 7) is 1.73. The first-order valence-electron chi connectivity index (χ1n) is 8.98. The molecular weight excluding hydrogens is 338 g/mol. The predicted molar refractivity (Wildman–Crippen MR) is 106 cm³/mol. The second-order valence-electron chi connectivity index (χ2n) is 6.26. The molecule has 5 heteroatoms. The standard InChI is InChI=1S/C22H23N3O2/c23-22(26)19-9-11-20(12-10-19)27-21-13-8-18(16-25-21)15-24-14-4-7-17-5-2-1-3-6-17/h1-3,5-6,8-13,16,24H,4,7,14-15H2,(H2,23,26). The molecule has 0 aliphatic heterocycles. The fourth-order valence-corrected chi connectivity index (χ4v) is 2.68. The molecule has 0 saturated heterocycles. The first-order valence-corrected chi connectivity index (χ1v) is 8.98. The van der Waals surface area contributed by atoms with Gasteiger partial charge in [-0.2, -0.15) is 0 Å². The van der Waals surface area contributed by atoms with E-state index in [9.17, 15) is 4.79 Å². The number of nitrogens with zero attached hydrogens (tertiary/aromatic N) is 1. The summed E-state index contributed by atoms with van der Waals surface area (Å²) in [6, 6.07) is 21.0. The van der Waals surface area contributed by atoms with E-state index in [1.165, 1.54) is 5.56 Å². The SMILES string of the molecule is NC(=O)c1ccc(Oc2ccc(CNCCCc3ccccc3)cn2)cc1. The maximum Gasteiger partial charge on any atom is 0.248 e. The van der Waals surface area contributed by atoms with Crippen molar-refractivity contribution >= 4 is 5.91 Å². The highest BCUT2D eigenvalue weighted by Crippen LogP contribution is 2.19. The van der Waals surface area contributed by atoms with Gasteiger partial charge in [0.25, 0.3) is 0 Å². The lowest BCUT2D eigenvalue weighted by molar-refractivity contribution is 0.100. The van der Waals surface area contributed by atoms with Crippen LogP contribution in [-0.2, 0) is 13.0 Å². The molecular formula is C22H23N3O2. The van der Waals surface area contributed by atoms with Crippen LogP contribution < -0.4 is 15.8 Å². The summed E-state index contributed by atoms with van der Waals surface area (Å²) in [4.78, 5) is 15.4. The molecule has 0 unspecified atom stereocenters. The zero-order valence-electron chi connectivity index (χ0n) is 15.1. The topological polar surface area (TPSA) is 77.2 Å². The summed E-state index contributed by atoms with van der Waals surface area (Å²) in [5, 5.41) is 3.43. The van der Waals surface area contributed by atoms with Gasteiger partial charge in [-0.3, -0.25) is 4.79 Å². The number of aryl methyl sites for hydroxylation is 1. The van der Waals surface area contributed by atoms with Crippen molar-refractivity contribution in [3.05, 3.63) is 89.6 Å². The second kappa shape index (κ2) is 9.50. The number of aromatic nitrogens is 1. The summed E-state index contributed by atoms with van der Waals surface area (Å²) in [5.41, 5.74) is 8.14. The molecule has 27 heavy (non-hydrogen) atoms. The van der Waals surface area contributed by atoms with Gasteiger partial charge in [-0.25, -0.2) is 4.98 Å². The Kier molecular flexibility index (Phi) is 6.55. The number of carbonyl (C=O) groups excluding carboxylic acids is 1. The van der Waals surface area contributed by atoms with Crippen LogP contribution in [0.3, 0.4) is 0 Å². The van der Waals surface area contributed by atoms with E-state index >= 15 is 0 Å². The lowest BCUT2D eigenvalue weighted by atomic mass is 10.1. The summed E-state index contributed by atoms with van der Waals surface area (Å²) in [5.74, 6) is 0.661. The second-order valence-corrected chi connectivity index (χ2v) is 6.26. The Morgan fingerprint density at radius 2 is 1.74 bits per heavy atom. The number of nitrogens with two attached hydrogens (primary N) is 1. The number of ether oxygens (including phenoxy) is 1. The normalized spacial score (nSPS) is 10.5. The maximum atomic E-state index is 11.1. The van der Waals surface area contributed by atoms with Crippen LogP contribution in [0, 0.1) is 0 Å². The summed E-state index contributed by atoms with van der Waals surface area (Å²) < 4.78 is 5.68. The van der Waals surface area contributed by atoms with E-state index in [0.717, 1.165) is 31.5 Å². The fraction of sp³-hybridized carbons (Fsp3) is 0.182. The average Bonchev–Trinajstić information content (AvgIpc) is 2.70. The van der Waals surface area contributed by atoms with Gasteiger partial charge in [0.15, 0.2) is 0 Å². The van der Waals surface area contributed by atoms with Crippen LogP contribution in [0.1, 0.15) is 27.9 Å². The number of hydrogen-bond acceptors (Lipinski definition) is 4. The van der Waals surface area contributed by atoms with Crippen molar-refractivity contribution in [1.82, 2.24) is 10.3 Å². The molecule has 1 amide bonds. The van der Waals surface area contributed by atoms with Crippen LogP contribution in [0.4, 0.5) is 0 Å². The predicted octanol–water partition coefficient (Wildman–Crippen LogP) is 3.70. The van der Waals surface area contributed by atoms with Crippen molar-refractivity contribution in [2.24, 2.45) is 5.73 Å². The summed E-state index contributed by atoms with van der Waals surface area (Å²) >= 11 is 0. The van der Waals surface area contributed by atoms with Gasteiger partial charge in [0.1, 0.15) is 5.75 Å². The van der Waals surface area contributed by atoms with E-state index < -0.39 is 5.91 Å². The molecule has 0 aliphatic rings. The van der Waals surface area contributed by atoms with E-state index in [0.29, 0.717) is 17.2 Å². The lowest BCUT2D eigenvalue weighted by Crippen LogP contribution is -2.15. The van der Waals surface area contributed by atoms with Gasteiger partial charge in [-0.1, -0.05) is 36.4 Å². The number of primary amides is 1. The smallest absolute Gasteiger partial charge is 0.248 e. The Bertz CT molecular complexity index is 847. The monoisotopic (exact) mass is 361 g/mol. The Hall–Kier alpha value is -3.18. The minimum Gasteiger partial charge on any atom is -0.439 e. The van der Waals surface area contributed by atoms with Gasteiger partial charge in [0.05, 0.1) is 0 Å². The number of rotatable bonds is 9. The van der Waals surface area contributed by atoms with E-state index in [2.05, 4.69) is 34.6 Å². The maximum absolute atomic E-state index is 11.1. The van der Waals surface area contributed by atoms with Gasteiger partial charge < -0.3 is 15.8 Å². The van der Waals surface area contributed by atoms with Crippen LogP contribution >= 0.6 is 0 Å². The summed E-state index contributed by atoms with van der Waals surface area (Å²) in [6.07, 6.45) is 3.98. The molecule has 0 saturated carbocycles. The average molecular weight is 361 g/mol. The van der Waals surface area contributed by atoms with E-state index in [1.54, 1.807) is 30.5 Å². The third-order valence-electron chi connectivity index (χ3n) is 4.15. The highest BCUT2D eigenvalue weighted by molar-refractivity contribution is 5.92. The number of benzene rings is 2. The Morgan fingerprint density at radius 1 is 0.963 bits per heavy atom. The Labute approximate surface area is 159 Å². The first-order chi connectivity index (χ1) is 13.2. The Morgan fingerprint density at radius 3 is 2.41 bits per heavy atom. The zero-order chi connectivity index (χ0) is 18.9. The minimum atomic E-state index is -0.458. The van der Waals surface area contributed by atoms with Gasteiger partial charge >= 0.3 is 0 Å². The van der Waals surface area contributed by atoms with E-state index in [1.807, 2.05) is 18.2 Å². The lowest BCUT2D eigenvalue weighted by Gasteiger charge is -2.07. The van der Waals surface area contributed by atoms with E-state index in [-0.39, 0.29) is 0 Å². The highest BCUT2D eigenvalue weighted by Gasteiger charge is 2.03. The molecule has 3 N–H and O–H groups in total. The molecule has 0 atom stereocenters. The molecule has 2 aromatic carbocycles. The number of pyridine rings is 1. The number of nitrogens with one attached hydrogen (secondary N) is 1. The third-order valence-corrected chi connectivity index (χ3v) is 4.15. The van der Waals surface area contributed by atoms with Gasteiger partial charge in [-0.05, 0) is 54.8 Å². The molecule has 0 fully saturated rings. The van der Waals surface area contributed by atoms with Crippen LogP contribution in [0.15, 0.2) is 72.9 Å².